The summed E-state index contributed by atoms with van der Waals surface area (Å²) in [6.07, 6.45) is 2.99. The molecule has 6 nitrogen and oxygen atoms in total. The van der Waals surface area contributed by atoms with Crippen molar-refractivity contribution in [2.45, 2.75) is 12.4 Å². The quantitative estimate of drug-likeness (QED) is 0.563. The minimum atomic E-state index is -3.10. The summed E-state index contributed by atoms with van der Waals surface area (Å²) >= 11 is 0. The highest BCUT2D eigenvalue weighted by atomic mass is 32.2. The Bertz CT molecular complexity index is 1250. The van der Waals surface area contributed by atoms with Crippen molar-refractivity contribution in [3.8, 4) is 22.5 Å². The van der Waals surface area contributed by atoms with Crippen LogP contribution in [0.1, 0.15) is 11.1 Å². The standard InChI is InChI=1S/C21H19N3O3S/c1-28(26,27)14-16-3-2-4-18(11-16)19-9-10-21-22-12-20(24(21)23-19)17-7-5-15(13-25)6-8-17/h2-12,25H,13-14H2,1H3. The second-order valence-electron chi connectivity index (χ2n) is 6.76. The van der Waals surface area contributed by atoms with Gasteiger partial charge in [0.2, 0.25) is 0 Å². The molecule has 0 saturated heterocycles. The topological polar surface area (TPSA) is 84.6 Å². The third kappa shape index (κ3) is 3.81. The highest BCUT2D eigenvalue weighted by Gasteiger charge is 2.11. The van der Waals surface area contributed by atoms with Gasteiger partial charge < -0.3 is 5.11 Å². The second kappa shape index (κ2) is 7.18. The number of aliphatic hydroxyl groups is 1. The summed E-state index contributed by atoms with van der Waals surface area (Å²) in [7, 11) is -3.10. The monoisotopic (exact) mass is 393 g/mol. The Labute approximate surface area is 163 Å². The molecule has 0 bridgehead atoms. The van der Waals surface area contributed by atoms with Gasteiger partial charge in [0.1, 0.15) is 0 Å². The van der Waals surface area contributed by atoms with E-state index in [0.717, 1.165) is 39.3 Å². The van der Waals surface area contributed by atoms with Crippen molar-refractivity contribution < 1.29 is 13.5 Å². The third-order valence-corrected chi connectivity index (χ3v) is 5.30. The van der Waals surface area contributed by atoms with E-state index in [4.69, 9.17) is 5.10 Å². The molecule has 2 aromatic carbocycles. The van der Waals surface area contributed by atoms with Gasteiger partial charge in [0, 0.05) is 17.4 Å². The van der Waals surface area contributed by atoms with Crippen LogP contribution in [0.4, 0.5) is 0 Å². The molecular formula is C21H19N3O3S. The molecule has 0 atom stereocenters. The molecule has 0 aliphatic heterocycles. The van der Waals surface area contributed by atoms with Crippen LogP contribution in [-0.2, 0) is 22.2 Å². The van der Waals surface area contributed by atoms with Crippen LogP contribution in [0.25, 0.3) is 28.2 Å². The number of benzene rings is 2. The van der Waals surface area contributed by atoms with E-state index < -0.39 is 9.84 Å². The maximum atomic E-state index is 11.6. The zero-order valence-electron chi connectivity index (χ0n) is 15.3. The molecule has 0 radical (unpaired) electrons. The Hall–Kier alpha value is -3.03. The number of fused-ring (bicyclic) bond motifs is 1. The van der Waals surface area contributed by atoms with E-state index in [2.05, 4.69) is 4.98 Å². The molecule has 0 aliphatic carbocycles. The highest BCUT2D eigenvalue weighted by Crippen LogP contribution is 2.24. The first-order chi connectivity index (χ1) is 13.4. The molecule has 7 heteroatoms. The summed E-state index contributed by atoms with van der Waals surface area (Å²) in [5.74, 6) is -0.00336. The van der Waals surface area contributed by atoms with E-state index in [-0.39, 0.29) is 12.4 Å². The van der Waals surface area contributed by atoms with Gasteiger partial charge in [0.15, 0.2) is 15.5 Å². The van der Waals surface area contributed by atoms with Crippen molar-refractivity contribution in [2.75, 3.05) is 6.26 Å². The first kappa shape index (κ1) is 18.3. The molecule has 4 aromatic rings. The van der Waals surface area contributed by atoms with Crippen LogP contribution in [-0.4, -0.2) is 34.4 Å². The van der Waals surface area contributed by atoms with Crippen molar-refractivity contribution in [3.05, 3.63) is 78.0 Å². The van der Waals surface area contributed by atoms with E-state index in [1.807, 2.05) is 54.6 Å². The first-order valence-electron chi connectivity index (χ1n) is 8.75. The minimum absolute atomic E-state index is 0.000346. The van der Waals surface area contributed by atoms with Crippen LogP contribution in [0.2, 0.25) is 0 Å². The summed E-state index contributed by atoms with van der Waals surface area (Å²) in [6, 6.07) is 18.7. The van der Waals surface area contributed by atoms with Crippen LogP contribution in [0.3, 0.4) is 0 Å². The minimum Gasteiger partial charge on any atom is -0.392 e. The lowest BCUT2D eigenvalue weighted by atomic mass is 10.1. The molecule has 0 amide bonds. The lowest BCUT2D eigenvalue weighted by molar-refractivity contribution is 0.282. The Kier molecular flexibility index (Phi) is 4.70. The summed E-state index contributed by atoms with van der Waals surface area (Å²) in [6.45, 7) is -0.000346. The van der Waals surface area contributed by atoms with Gasteiger partial charge >= 0.3 is 0 Å². The fourth-order valence-corrected chi connectivity index (χ4v) is 3.91. The summed E-state index contributed by atoms with van der Waals surface area (Å²) in [5.41, 5.74) is 5.65. The zero-order chi connectivity index (χ0) is 19.7. The number of aliphatic hydroxyl groups excluding tert-OH is 1. The van der Waals surface area contributed by atoms with E-state index in [1.54, 1.807) is 16.8 Å². The number of imidazole rings is 1. The van der Waals surface area contributed by atoms with E-state index >= 15 is 0 Å². The predicted octanol–water partition coefficient (Wildman–Crippen LogP) is 3.10. The number of rotatable bonds is 5. The average Bonchev–Trinajstić information content (AvgIpc) is 3.10. The Balaban J connectivity index is 1.76. The van der Waals surface area contributed by atoms with Gasteiger partial charge in [-0.3, -0.25) is 0 Å². The van der Waals surface area contributed by atoms with Crippen molar-refractivity contribution in [2.24, 2.45) is 0 Å². The lowest BCUT2D eigenvalue weighted by Crippen LogP contribution is -2.01. The van der Waals surface area contributed by atoms with Crippen molar-refractivity contribution in [1.82, 2.24) is 14.6 Å². The molecular weight excluding hydrogens is 374 g/mol. The fourth-order valence-electron chi connectivity index (χ4n) is 3.13. The number of sulfone groups is 1. The summed E-state index contributed by atoms with van der Waals surface area (Å²) in [4.78, 5) is 4.41. The second-order valence-corrected chi connectivity index (χ2v) is 8.90. The van der Waals surface area contributed by atoms with Crippen molar-refractivity contribution >= 4 is 15.5 Å². The maximum absolute atomic E-state index is 11.6. The van der Waals surface area contributed by atoms with Gasteiger partial charge in [-0.05, 0) is 29.3 Å². The molecule has 1 N–H and O–H groups in total. The van der Waals surface area contributed by atoms with Gasteiger partial charge in [-0.15, -0.1) is 0 Å². The van der Waals surface area contributed by atoms with Crippen molar-refractivity contribution in [3.63, 3.8) is 0 Å². The molecule has 0 saturated carbocycles. The van der Waals surface area contributed by atoms with Crippen molar-refractivity contribution in [1.29, 1.82) is 0 Å². The van der Waals surface area contributed by atoms with Gasteiger partial charge in [0.25, 0.3) is 0 Å². The van der Waals surface area contributed by atoms with Crippen LogP contribution >= 0.6 is 0 Å². The molecule has 0 spiro atoms. The molecule has 2 heterocycles. The summed E-state index contributed by atoms with van der Waals surface area (Å²) in [5, 5.41) is 13.9. The fraction of sp³-hybridized carbons (Fsp3) is 0.143. The number of hydrogen-bond acceptors (Lipinski definition) is 5. The molecule has 2 aromatic heterocycles. The zero-order valence-corrected chi connectivity index (χ0v) is 16.1. The van der Waals surface area contributed by atoms with Gasteiger partial charge in [-0.2, -0.15) is 5.10 Å². The van der Waals surface area contributed by atoms with Gasteiger partial charge in [0.05, 0.1) is 29.9 Å². The van der Waals surface area contributed by atoms with E-state index in [1.165, 1.54) is 6.26 Å². The predicted molar refractivity (Wildman–Crippen MR) is 108 cm³/mol. The van der Waals surface area contributed by atoms with Crippen LogP contribution in [0, 0.1) is 0 Å². The number of nitrogens with zero attached hydrogens (tertiary/aromatic N) is 3. The van der Waals surface area contributed by atoms with E-state index in [0.29, 0.717) is 0 Å². The lowest BCUT2D eigenvalue weighted by Gasteiger charge is -2.07. The summed E-state index contributed by atoms with van der Waals surface area (Å²) < 4.78 is 25.0. The normalized spacial score (nSPS) is 11.8. The molecule has 0 unspecified atom stereocenters. The van der Waals surface area contributed by atoms with Crippen LogP contribution in [0.15, 0.2) is 66.9 Å². The molecule has 4 rings (SSSR count). The first-order valence-corrected chi connectivity index (χ1v) is 10.8. The van der Waals surface area contributed by atoms with Crippen LogP contribution < -0.4 is 0 Å². The number of hydrogen-bond donors (Lipinski definition) is 1. The maximum Gasteiger partial charge on any atom is 0.154 e. The SMILES string of the molecule is CS(=O)(=O)Cc1cccc(-c2ccc3ncc(-c4ccc(CO)cc4)n3n2)c1. The van der Waals surface area contributed by atoms with Gasteiger partial charge in [-0.25, -0.2) is 17.9 Å². The van der Waals surface area contributed by atoms with Gasteiger partial charge in [-0.1, -0.05) is 42.5 Å². The van der Waals surface area contributed by atoms with E-state index in [9.17, 15) is 13.5 Å². The molecule has 28 heavy (non-hydrogen) atoms. The van der Waals surface area contributed by atoms with Crippen LogP contribution in [0.5, 0.6) is 0 Å². The third-order valence-electron chi connectivity index (χ3n) is 4.45. The average molecular weight is 393 g/mol. The molecule has 0 aliphatic rings. The Morgan fingerprint density at radius 3 is 2.46 bits per heavy atom. The number of aromatic nitrogens is 3. The molecule has 142 valence electrons. The Morgan fingerprint density at radius 2 is 1.75 bits per heavy atom. The highest BCUT2D eigenvalue weighted by molar-refractivity contribution is 7.89. The largest absolute Gasteiger partial charge is 0.392 e. The Morgan fingerprint density at radius 1 is 0.964 bits per heavy atom. The molecule has 0 fully saturated rings. The smallest absolute Gasteiger partial charge is 0.154 e.